The molecule has 1 amide bonds. The smallest absolute Gasteiger partial charge is 0.258 e. The van der Waals surface area contributed by atoms with Crippen molar-refractivity contribution in [2.75, 3.05) is 6.61 Å². The van der Waals surface area contributed by atoms with Crippen LogP contribution in [0.2, 0.25) is 0 Å². The number of rotatable bonds is 6. The van der Waals surface area contributed by atoms with Crippen LogP contribution in [-0.4, -0.2) is 23.1 Å². The molecule has 3 heterocycles. The number of hydrogen-bond donors (Lipinski definition) is 1. The number of nitrogens with zero attached hydrogens (tertiary/aromatic N) is 1. The fourth-order valence-electron chi connectivity index (χ4n) is 3.31. The van der Waals surface area contributed by atoms with Gasteiger partial charge < -0.3 is 19.2 Å². The SMILES string of the molecule is CC1(C)Cc2cccc(OCC(=O)NCc3cccnc3-c3ccco3)c2O1. The van der Waals surface area contributed by atoms with Crippen LogP contribution in [0, 0.1) is 0 Å². The van der Waals surface area contributed by atoms with Gasteiger partial charge in [-0.1, -0.05) is 18.2 Å². The van der Waals surface area contributed by atoms with Crippen LogP contribution in [0.3, 0.4) is 0 Å². The van der Waals surface area contributed by atoms with Gasteiger partial charge >= 0.3 is 0 Å². The van der Waals surface area contributed by atoms with Gasteiger partial charge in [0.2, 0.25) is 0 Å². The largest absolute Gasteiger partial charge is 0.483 e. The molecule has 4 rings (SSSR count). The van der Waals surface area contributed by atoms with E-state index in [1.165, 1.54) is 0 Å². The molecule has 0 spiro atoms. The second-order valence-corrected chi connectivity index (χ2v) is 7.34. The number of carbonyl (C=O) groups excluding carboxylic acids is 1. The van der Waals surface area contributed by atoms with Crippen molar-refractivity contribution in [1.29, 1.82) is 0 Å². The highest BCUT2D eigenvalue weighted by molar-refractivity contribution is 5.78. The van der Waals surface area contributed by atoms with Crippen LogP contribution in [0.4, 0.5) is 0 Å². The molecule has 0 unspecified atom stereocenters. The number of amides is 1. The van der Waals surface area contributed by atoms with E-state index in [0.717, 1.165) is 23.3 Å². The summed E-state index contributed by atoms with van der Waals surface area (Å²) in [5, 5.41) is 2.87. The standard InChI is InChI=1S/C22H22N2O4/c1-22(2)12-15-6-3-8-18(21(15)28-22)27-14-19(25)24-13-16-7-4-10-23-20(16)17-9-5-11-26-17/h3-11H,12-14H2,1-2H3,(H,24,25). The lowest BCUT2D eigenvalue weighted by atomic mass is 10.0. The van der Waals surface area contributed by atoms with E-state index >= 15 is 0 Å². The van der Waals surface area contributed by atoms with Gasteiger partial charge in [-0.3, -0.25) is 9.78 Å². The average molecular weight is 378 g/mol. The number of benzene rings is 1. The average Bonchev–Trinajstić information content (AvgIpc) is 3.31. The number of nitrogens with one attached hydrogen (secondary N) is 1. The summed E-state index contributed by atoms with van der Waals surface area (Å²) in [6, 6.07) is 13.2. The highest BCUT2D eigenvalue weighted by Gasteiger charge is 2.32. The summed E-state index contributed by atoms with van der Waals surface area (Å²) in [7, 11) is 0. The maximum atomic E-state index is 12.3. The zero-order valence-electron chi connectivity index (χ0n) is 15.9. The fraction of sp³-hybridized carbons (Fsp3) is 0.273. The van der Waals surface area contributed by atoms with Crippen molar-refractivity contribution in [2.45, 2.75) is 32.4 Å². The molecule has 0 fully saturated rings. The van der Waals surface area contributed by atoms with Gasteiger partial charge in [0.1, 0.15) is 11.3 Å². The van der Waals surface area contributed by atoms with E-state index in [4.69, 9.17) is 13.9 Å². The first-order valence-corrected chi connectivity index (χ1v) is 9.20. The second-order valence-electron chi connectivity index (χ2n) is 7.34. The Morgan fingerprint density at radius 1 is 1.21 bits per heavy atom. The zero-order valence-corrected chi connectivity index (χ0v) is 15.9. The van der Waals surface area contributed by atoms with Gasteiger partial charge in [0, 0.05) is 30.3 Å². The lowest BCUT2D eigenvalue weighted by Crippen LogP contribution is -2.29. The number of aromatic nitrogens is 1. The van der Waals surface area contributed by atoms with Crippen LogP contribution < -0.4 is 14.8 Å². The molecular weight excluding hydrogens is 356 g/mol. The van der Waals surface area contributed by atoms with Crippen LogP contribution in [0.15, 0.2) is 59.3 Å². The molecule has 0 bridgehead atoms. The Kier molecular flexibility index (Phi) is 4.77. The highest BCUT2D eigenvalue weighted by Crippen LogP contribution is 2.41. The van der Waals surface area contributed by atoms with Gasteiger partial charge in [-0.2, -0.15) is 0 Å². The van der Waals surface area contributed by atoms with Crippen molar-refractivity contribution in [3.8, 4) is 23.0 Å². The van der Waals surface area contributed by atoms with Crippen molar-refractivity contribution in [2.24, 2.45) is 0 Å². The minimum Gasteiger partial charge on any atom is -0.483 e. The molecule has 1 aliphatic rings. The van der Waals surface area contributed by atoms with Crippen molar-refractivity contribution < 1.29 is 18.7 Å². The fourth-order valence-corrected chi connectivity index (χ4v) is 3.31. The van der Waals surface area contributed by atoms with E-state index < -0.39 is 0 Å². The van der Waals surface area contributed by atoms with Gasteiger partial charge in [0.15, 0.2) is 23.9 Å². The number of hydrogen-bond acceptors (Lipinski definition) is 5. The Hall–Kier alpha value is -3.28. The summed E-state index contributed by atoms with van der Waals surface area (Å²) >= 11 is 0. The quantitative estimate of drug-likeness (QED) is 0.707. The lowest BCUT2D eigenvalue weighted by molar-refractivity contribution is -0.123. The van der Waals surface area contributed by atoms with Crippen LogP contribution in [-0.2, 0) is 17.8 Å². The number of ether oxygens (including phenoxy) is 2. The molecule has 3 aromatic rings. The maximum absolute atomic E-state index is 12.3. The topological polar surface area (TPSA) is 73.6 Å². The maximum Gasteiger partial charge on any atom is 0.258 e. The zero-order chi connectivity index (χ0) is 19.6. The van der Waals surface area contributed by atoms with Gasteiger partial charge in [0.25, 0.3) is 5.91 Å². The Morgan fingerprint density at radius 3 is 2.93 bits per heavy atom. The number of fused-ring (bicyclic) bond motifs is 1. The van der Waals surface area contributed by atoms with E-state index in [2.05, 4.69) is 10.3 Å². The first kappa shape index (κ1) is 18.1. The predicted octanol–water partition coefficient (Wildman–Crippen LogP) is 3.75. The summed E-state index contributed by atoms with van der Waals surface area (Å²) in [5.41, 5.74) is 2.43. The summed E-state index contributed by atoms with van der Waals surface area (Å²) < 4.78 is 17.1. The van der Waals surface area contributed by atoms with Crippen molar-refractivity contribution in [1.82, 2.24) is 10.3 Å². The molecular formula is C22H22N2O4. The normalized spacial score (nSPS) is 14.2. The highest BCUT2D eigenvalue weighted by atomic mass is 16.5. The molecule has 0 atom stereocenters. The number of furan rings is 1. The van der Waals surface area contributed by atoms with E-state index in [-0.39, 0.29) is 18.1 Å². The second kappa shape index (κ2) is 7.38. The van der Waals surface area contributed by atoms with Gasteiger partial charge in [-0.25, -0.2) is 0 Å². The molecule has 144 valence electrons. The molecule has 0 saturated carbocycles. The lowest BCUT2D eigenvalue weighted by Gasteiger charge is -2.18. The van der Waals surface area contributed by atoms with Gasteiger partial charge in [0.05, 0.1) is 6.26 Å². The summed E-state index contributed by atoms with van der Waals surface area (Å²) in [4.78, 5) is 16.6. The number of pyridine rings is 1. The predicted molar refractivity (Wildman–Crippen MR) is 104 cm³/mol. The van der Waals surface area contributed by atoms with Crippen LogP contribution in [0.5, 0.6) is 11.5 Å². The van der Waals surface area contributed by atoms with E-state index in [1.807, 2.05) is 56.3 Å². The molecule has 1 N–H and O–H groups in total. The molecule has 28 heavy (non-hydrogen) atoms. The third-order valence-corrected chi connectivity index (χ3v) is 4.54. The van der Waals surface area contributed by atoms with Gasteiger partial charge in [-0.05, 0) is 38.1 Å². The third kappa shape index (κ3) is 3.86. The third-order valence-electron chi connectivity index (χ3n) is 4.54. The van der Waals surface area contributed by atoms with Crippen LogP contribution in [0.25, 0.3) is 11.5 Å². The van der Waals surface area contributed by atoms with Crippen LogP contribution >= 0.6 is 0 Å². The number of para-hydroxylation sites is 1. The molecule has 1 aromatic carbocycles. The minimum absolute atomic E-state index is 0.0867. The molecule has 0 saturated heterocycles. The Bertz CT molecular complexity index is 980. The van der Waals surface area contributed by atoms with Crippen LogP contribution in [0.1, 0.15) is 25.0 Å². The molecule has 2 aromatic heterocycles. The molecule has 6 nitrogen and oxygen atoms in total. The van der Waals surface area contributed by atoms with Crippen molar-refractivity contribution >= 4 is 5.91 Å². The molecule has 0 aliphatic carbocycles. The Balaban J connectivity index is 1.37. The first-order valence-electron chi connectivity index (χ1n) is 9.20. The summed E-state index contributed by atoms with van der Waals surface area (Å²) in [6.45, 7) is 4.32. The molecule has 6 heteroatoms. The minimum atomic E-state index is -0.257. The first-order chi connectivity index (χ1) is 13.5. The molecule has 1 aliphatic heterocycles. The van der Waals surface area contributed by atoms with Gasteiger partial charge in [-0.15, -0.1) is 0 Å². The van der Waals surface area contributed by atoms with Crippen molar-refractivity contribution in [3.63, 3.8) is 0 Å². The summed E-state index contributed by atoms with van der Waals surface area (Å²) in [5.74, 6) is 1.77. The Labute approximate surface area is 163 Å². The van der Waals surface area contributed by atoms with E-state index in [1.54, 1.807) is 12.5 Å². The molecule has 0 radical (unpaired) electrons. The summed E-state index contributed by atoms with van der Waals surface area (Å²) in [6.07, 6.45) is 4.12. The monoisotopic (exact) mass is 378 g/mol. The Morgan fingerprint density at radius 2 is 2.11 bits per heavy atom. The van der Waals surface area contributed by atoms with Crippen molar-refractivity contribution in [3.05, 3.63) is 66.1 Å². The van der Waals surface area contributed by atoms with E-state index in [0.29, 0.717) is 23.7 Å². The number of carbonyl (C=O) groups is 1. The van der Waals surface area contributed by atoms with E-state index in [9.17, 15) is 4.79 Å².